The van der Waals surface area contributed by atoms with Crippen LogP contribution >= 0.6 is 34.8 Å². The van der Waals surface area contributed by atoms with E-state index in [2.05, 4.69) is 0 Å². The van der Waals surface area contributed by atoms with Gasteiger partial charge in [0, 0.05) is 6.92 Å². The fourth-order valence-electron chi connectivity index (χ4n) is 1.65. The van der Waals surface area contributed by atoms with Crippen LogP contribution in [-0.4, -0.2) is 68.3 Å². The molecule has 1 saturated heterocycles. The topological polar surface area (TPSA) is 129 Å². The second-order valence-electron chi connectivity index (χ2n) is 4.23. The van der Waals surface area contributed by atoms with E-state index in [1.54, 1.807) is 0 Å². The molecule has 0 aliphatic carbocycles. The van der Waals surface area contributed by atoms with Crippen LogP contribution in [0.1, 0.15) is 6.92 Å². The molecule has 21 heavy (non-hydrogen) atoms. The van der Waals surface area contributed by atoms with Crippen LogP contribution in [0, 0.1) is 5.41 Å². The maximum absolute atomic E-state index is 11.0. The molecule has 0 aromatic heterocycles. The van der Waals surface area contributed by atoms with Gasteiger partial charge in [0.05, 0.1) is 6.61 Å². The first-order chi connectivity index (χ1) is 9.57. The molecule has 0 aromatic rings. The summed E-state index contributed by atoms with van der Waals surface area (Å²) in [5.41, 5.74) is 0. The number of esters is 1. The Bertz CT molecular complexity index is 403. The van der Waals surface area contributed by atoms with Gasteiger partial charge in [0.1, 0.15) is 18.3 Å². The van der Waals surface area contributed by atoms with Crippen molar-refractivity contribution in [2.45, 2.75) is 41.4 Å². The molecule has 0 spiro atoms. The van der Waals surface area contributed by atoms with Crippen molar-refractivity contribution in [1.82, 2.24) is 0 Å². The quantitative estimate of drug-likeness (QED) is 0.234. The van der Waals surface area contributed by atoms with E-state index in [9.17, 15) is 15.0 Å². The van der Waals surface area contributed by atoms with Crippen LogP contribution in [0.15, 0.2) is 0 Å². The van der Waals surface area contributed by atoms with E-state index >= 15 is 0 Å². The minimum atomic E-state index is -2.19. The third-order valence-electron chi connectivity index (χ3n) is 2.62. The summed E-state index contributed by atoms with van der Waals surface area (Å²) in [4.78, 5) is 11.0. The number of ether oxygens (including phenoxy) is 3. The number of hydrogen-bond acceptors (Lipinski definition) is 8. The second-order valence-corrected chi connectivity index (χ2v) is 6.51. The summed E-state index contributed by atoms with van der Waals surface area (Å²) in [6.45, 7) is 0.417. The fourth-order valence-corrected chi connectivity index (χ4v) is 1.78. The number of carbonyl (C=O) groups excluding carboxylic acids is 1. The summed E-state index contributed by atoms with van der Waals surface area (Å²) in [7, 11) is 0. The minimum Gasteiger partial charge on any atom is -0.453 e. The number of hydrogen-bond donors (Lipinski definition) is 4. The molecule has 4 N–H and O–H groups in total. The van der Waals surface area contributed by atoms with E-state index in [1.807, 2.05) is 0 Å². The van der Waals surface area contributed by atoms with Crippen LogP contribution in [0.25, 0.3) is 0 Å². The van der Waals surface area contributed by atoms with Crippen molar-refractivity contribution in [2.24, 2.45) is 0 Å². The zero-order valence-electron chi connectivity index (χ0n) is 10.7. The lowest BCUT2D eigenvalue weighted by Gasteiger charge is -2.41. The van der Waals surface area contributed by atoms with Crippen molar-refractivity contribution in [3.05, 3.63) is 0 Å². The largest absolute Gasteiger partial charge is 0.453 e. The number of halogens is 3. The van der Waals surface area contributed by atoms with Gasteiger partial charge >= 0.3 is 5.97 Å². The van der Waals surface area contributed by atoms with Crippen molar-refractivity contribution >= 4 is 46.7 Å². The van der Waals surface area contributed by atoms with Crippen LogP contribution in [-0.2, 0) is 19.0 Å². The maximum Gasteiger partial charge on any atom is 0.303 e. The Morgan fingerprint density at radius 2 is 1.86 bits per heavy atom. The van der Waals surface area contributed by atoms with Crippen molar-refractivity contribution in [3.63, 3.8) is 0 Å². The number of aliphatic hydroxyl groups is 3. The number of rotatable bonds is 3. The van der Waals surface area contributed by atoms with Crippen LogP contribution in [0.4, 0.5) is 0 Å². The lowest BCUT2D eigenvalue weighted by molar-refractivity contribution is -0.285. The van der Waals surface area contributed by atoms with Crippen molar-refractivity contribution in [2.75, 3.05) is 6.61 Å². The SMILES string of the molecule is CC(=O)O[C@H]1[C@H](OC(=N)C(Cl)(Cl)Cl)O[C@H](CO)[C@@H](O)[C@@H]1O. The Balaban J connectivity index is 2.93. The minimum absolute atomic E-state index is 0.647. The zero-order chi connectivity index (χ0) is 16.4. The van der Waals surface area contributed by atoms with Crippen LogP contribution < -0.4 is 0 Å². The summed E-state index contributed by atoms with van der Waals surface area (Å²) in [6.07, 6.45) is -7.37. The predicted molar refractivity (Wildman–Crippen MR) is 72.4 cm³/mol. The first-order valence-electron chi connectivity index (χ1n) is 5.70. The molecular weight excluding hydrogens is 352 g/mol. The molecule has 0 unspecified atom stereocenters. The molecule has 5 atom stereocenters. The lowest BCUT2D eigenvalue weighted by Crippen LogP contribution is -2.61. The van der Waals surface area contributed by atoms with E-state index < -0.39 is 53.0 Å². The maximum atomic E-state index is 11.0. The van der Waals surface area contributed by atoms with Crippen molar-refractivity contribution < 1.29 is 34.3 Å². The number of carbonyl (C=O) groups is 1. The third-order valence-corrected chi connectivity index (χ3v) is 3.13. The molecule has 0 bridgehead atoms. The summed E-state index contributed by atoms with van der Waals surface area (Å²) < 4.78 is 12.6. The van der Waals surface area contributed by atoms with Gasteiger partial charge in [0.15, 0.2) is 6.10 Å². The molecule has 1 aliphatic heterocycles. The molecule has 122 valence electrons. The van der Waals surface area contributed by atoms with Gasteiger partial charge in [-0.25, -0.2) is 0 Å². The highest BCUT2D eigenvalue weighted by Gasteiger charge is 2.49. The van der Waals surface area contributed by atoms with Gasteiger partial charge < -0.3 is 29.5 Å². The predicted octanol–water partition coefficient (Wildman–Crippen LogP) is -0.279. The van der Waals surface area contributed by atoms with Gasteiger partial charge in [0.2, 0.25) is 12.2 Å². The Kier molecular flexibility index (Phi) is 6.48. The van der Waals surface area contributed by atoms with E-state index in [0.717, 1.165) is 6.92 Å². The summed E-state index contributed by atoms with van der Waals surface area (Å²) in [5, 5.41) is 36.1. The Hall–Kier alpha value is -0.350. The molecule has 0 aromatic carbocycles. The van der Waals surface area contributed by atoms with E-state index in [-0.39, 0.29) is 0 Å². The molecule has 0 radical (unpaired) electrons. The van der Waals surface area contributed by atoms with Crippen LogP contribution in [0.5, 0.6) is 0 Å². The first kappa shape index (κ1) is 18.7. The van der Waals surface area contributed by atoms with Gasteiger partial charge in [-0.1, -0.05) is 34.8 Å². The summed E-state index contributed by atoms with van der Waals surface area (Å²) in [6, 6.07) is 0. The number of nitrogens with one attached hydrogen (secondary N) is 1. The Morgan fingerprint density at radius 3 is 2.29 bits per heavy atom. The van der Waals surface area contributed by atoms with Gasteiger partial charge in [-0.3, -0.25) is 10.2 Å². The highest BCUT2D eigenvalue weighted by atomic mass is 35.6. The molecule has 11 heteroatoms. The Labute approximate surface area is 134 Å². The van der Waals surface area contributed by atoms with Crippen LogP contribution in [0.3, 0.4) is 0 Å². The lowest BCUT2D eigenvalue weighted by atomic mass is 9.99. The van der Waals surface area contributed by atoms with E-state index in [4.69, 9.17) is 59.5 Å². The van der Waals surface area contributed by atoms with Crippen molar-refractivity contribution in [1.29, 1.82) is 5.41 Å². The Morgan fingerprint density at radius 1 is 1.29 bits per heavy atom. The fraction of sp³-hybridized carbons (Fsp3) is 0.800. The van der Waals surface area contributed by atoms with Crippen molar-refractivity contribution in [3.8, 4) is 0 Å². The van der Waals surface area contributed by atoms with Gasteiger partial charge in [-0.15, -0.1) is 0 Å². The monoisotopic (exact) mass is 365 g/mol. The molecular formula is C10H14Cl3NO7. The van der Waals surface area contributed by atoms with E-state index in [1.165, 1.54) is 0 Å². The smallest absolute Gasteiger partial charge is 0.303 e. The molecule has 1 rings (SSSR count). The second kappa shape index (κ2) is 7.28. The van der Waals surface area contributed by atoms with E-state index in [0.29, 0.717) is 0 Å². The normalized spacial score (nSPS) is 33.4. The average Bonchev–Trinajstić information content (AvgIpc) is 2.36. The van der Waals surface area contributed by atoms with Gasteiger partial charge in [-0.2, -0.15) is 0 Å². The molecule has 1 aliphatic rings. The first-order valence-corrected chi connectivity index (χ1v) is 6.83. The molecule has 8 nitrogen and oxygen atoms in total. The number of aliphatic hydroxyl groups excluding tert-OH is 3. The van der Waals surface area contributed by atoms with Gasteiger partial charge in [0.25, 0.3) is 3.79 Å². The molecule has 0 amide bonds. The average molecular weight is 367 g/mol. The summed E-state index contributed by atoms with van der Waals surface area (Å²) in [5.74, 6) is -1.62. The zero-order valence-corrected chi connectivity index (χ0v) is 13.0. The highest BCUT2D eigenvalue weighted by molar-refractivity contribution is 6.76. The molecule has 1 heterocycles. The third kappa shape index (κ3) is 4.82. The molecule has 1 fully saturated rings. The highest BCUT2D eigenvalue weighted by Crippen LogP contribution is 2.31. The van der Waals surface area contributed by atoms with Crippen LogP contribution in [0.2, 0.25) is 0 Å². The van der Waals surface area contributed by atoms with Gasteiger partial charge in [-0.05, 0) is 0 Å². The molecule has 0 saturated carbocycles. The standard InChI is InChI=1S/C10H14Cl3NO7/c1-3(16)19-7-6(18)5(17)4(2-15)20-8(7)21-9(14)10(11,12)13/h4-8,14-15,17-18H,2H2,1H3/t4-,5-,6+,7-,8+/m1/s1. The summed E-state index contributed by atoms with van der Waals surface area (Å²) >= 11 is 16.3. The number of alkyl halides is 3.